The minimum Gasteiger partial charge on any atom is -0.409 e. The van der Waals surface area contributed by atoms with Crippen molar-refractivity contribution in [2.75, 3.05) is 13.1 Å². The summed E-state index contributed by atoms with van der Waals surface area (Å²) in [6.45, 7) is 4.48. The van der Waals surface area contributed by atoms with E-state index >= 15 is 0 Å². The van der Waals surface area contributed by atoms with Crippen LogP contribution in [0.5, 0.6) is 0 Å². The number of oxime groups is 1. The highest BCUT2D eigenvalue weighted by Gasteiger charge is 2.37. The van der Waals surface area contributed by atoms with Crippen LogP contribution in [0.4, 0.5) is 0 Å². The minimum atomic E-state index is 0.00977. The maximum atomic E-state index is 8.71. The molecule has 2 fully saturated rings. The van der Waals surface area contributed by atoms with Gasteiger partial charge >= 0.3 is 0 Å². The summed E-state index contributed by atoms with van der Waals surface area (Å²) < 4.78 is 0. The minimum absolute atomic E-state index is 0.00977. The largest absolute Gasteiger partial charge is 0.409 e. The van der Waals surface area contributed by atoms with Crippen LogP contribution in [0.2, 0.25) is 0 Å². The number of fused-ring (bicyclic) bond motifs is 1. The van der Waals surface area contributed by atoms with Crippen LogP contribution in [0.3, 0.4) is 0 Å². The van der Waals surface area contributed by atoms with Crippen molar-refractivity contribution in [2.45, 2.75) is 50.7 Å². The highest BCUT2D eigenvalue weighted by atomic mass is 16.4. The van der Waals surface area contributed by atoms with Crippen LogP contribution in [-0.4, -0.2) is 47.2 Å². The van der Waals surface area contributed by atoms with Gasteiger partial charge in [-0.2, -0.15) is 0 Å². The highest BCUT2D eigenvalue weighted by molar-refractivity contribution is 5.85. The van der Waals surface area contributed by atoms with E-state index in [-0.39, 0.29) is 6.04 Å². The molecule has 2 heterocycles. The van der Waals surface area contributed by atoms with E-state index in [1.54, 1.807) is 0 Å². The van der Waals surface area contributed by atoms with E-state index in [9.17, 15) is 0 Å². The predicted molar refractivity (Wildman–Crippen MR) is 63.6 cm³/mol. The molecule has 0 aliphatic carbocycles. The molecule has 0 bridgehead atoms. The smallest absolute Gasteiger partial charge is 0.156 e. The molecule has 0 aromatic carbocycles. The van der Waals surface area contributed by atoms with Crippen molar-refractivity contribution in [3.05, 3.63) is 0 Å². The third-order valence-electron chi connectivity index (χ3n) is 3.90. The molecule has 0 radical (unpaired) electrons. The lowest BCUT2D eigenvalue weighted by atomic mass is 10.0. The number of nitrogens with zero attached hydrogens (tertiary/aromatic N) is 2. The molecule has 4 N–H and O–H groups in total. The molecule has 0 aromatic rings. The Morgan fingerprint density at radius 3 is 3.06 bits per heavy atom. The van der Waals surface area contributed by atoms with Gasteiger partial charge in [-0.1, -0.05) is 12.1 Å². The van der Waals surface area contributed by atoms with Gasteiger partial charge in [0.2, 0.25) is 0 Å². The van der Waals surface area contributed by atoms with Gasteiger partial charge < -0.3 is 16.3 Å². The van der Waals surface area contributed by atoms with Crippen LogP contribution in [0.15, 0.2) is 5.16 Å². The molecule has 0 spiro atoms. The zero-order chi connectivity index (χ0) is 11.5. The lowest BCUT2D eigenvalue weighted by Crippen LogP contribution is -2.49. The summed E-state index contributed by atoms with van der Waals surface area (Å²) in [4.78, 5) is 2.55. The summed E-state index contributed by atoms with van der Waals surface area (Å²) in [6, 6.07) is 1.18. The van der Waals surface area contributed by atoms with Crippen molar-refractivity contribution in [1.82, 2.24) is 10.2 Å². The fourth-order valence-electron chi connectivity index (χ4n) is 3.02. The standard InChI is InChI=1S/C11H22N4O/c1-2-8(11(12)14-16)13-9-5-7-15-6-3-4-10(9)15/h8-10,13,16H,2-7H2,1H3,(H2,12,14). The molecule has 2 aliphatic rings. The number of hydrogen-bond acceptors (Lipinski definition) is 4. The van der Waals surface area contributed by atoms with Gasteiger partial charge in [-0.15, -0.1) is 0 Å². The van der Waals surface area contributed by atoms with Crippen molar-refractivity contribution in [3.63, 3.8) is 0 Å². The lowest BCUT2D eigenvalue weighted by Gasteiger charge is -2.25. The monoisotopic (exact) mass is 226 g/mol. The first-order valence-electron chi connectivity index (χ1n) is 6.23. The molecule has 5 heteroatoms. The second kappa shape index (κ2) is 5.01. The fraction of sp³-hybridized carbons (Fsp3) is 0.909. The second-order valence-electron chi connectivity index (χ2n) is 4.79. The van der Waals surface area contributed by atoms with E-state index in [4.69, 9.17) is 10.9 Å². The zero-order valence-corrected chi connectivity index (χ0v) is 9.89. The molecule has 16 heavy (non-hydrogen) atoms. The number of amidine groups is 1. The van der Waals surface area contributed by atoms with Gasteiger partial charge in [0.1, 0.15) is 0 Å². The zero-order valence-electron chi connectivity index (χ0n) is 9.89. The van der Waals surface area contributed by atoms with Crippen molar-refractivity contribution in [1.29, 1.82) is 0 Å². The quantitative estimate of drug-likeness (QED) is 0.280. The third-order valence-corrected chi connectivity index (χ3v) is 3.90. The van der Waals surface area contributed by atoms with E-state index < -0.39 is 0 Å². The predicted octanol–water partition coefficient (Wildman–Crippen LogP) is 0.338. The fourth-order valence-corrected chi connectivity index (χ4v) is 3.02. The maximum absolute atomic E-state index is 8.71. The SMILES string of the molecule is CCC(NC1CCN2CCCC12)C(N)=NO. The van der Waals surface area contributed by atoms with E-state index in [1.807, 2.05) is 0 Å². The molecule has 0 saturated carbocycles. The molecule has 0 amide bonds. The Balaban J connectivity index is 1.93. The number of hydrogen-bond donors (Lipinski definition) is 3. The van der Waals surface area contributed by atoms with Crippen LogP contribution in [-0.2, 0) is 0 Å². The van der Waals surface area contributed by atoms with Crippen molar-refractivity contribution in [3.8, 4) is 0 Å². The van der Waals surface area contributed by atoms with E-state index in [1.165, 1.54) is 32.4 Å². The molecule has 3 atom stereocenters. The maximum Gasteiger partial charge on any atom is 0.156 e. The Kier molecular flexibility index (Phi) is 3.66. The number of nitrogens with one attached hydrogen (secondary N) is 1. The van der Waals surface area contributed by atoms with Crippen LogP contribution >= 0.6 is 0 Å². The molecule has 2 saturated heterocycles. The first-order valence-corrected chi connectivity index (χ1v) is 6.23. The summed E-state index contributed by atoms with van der Waals surface area (Å²) in [5, 5.41) is 15.3. The van der Waals surface area contributed by atoms with Gasteiger partial charge in [-0.25, -0.2) is 0 Å². The molecular formula is C11H22N4O. The Morgan fingerprint density at radius 1 is 1.56 bits per heavy atom. The molecular weight excluding hydrogens is 204 g/mol. The van der Waals surface area contributed by atoms with Crippen LogP contribution in [0.25, 0.3) is 0 Å². The van der Waals surface area contributed by atoms with Gasteiger partial charge in [0, 0.05) is 18.6 Å². The van der Waals surface area contributed by atoms with Gasteiger partial charge in [-0.05, 0) is 32.2 Å². The van der Waals surface area contributed by atoms with E-state index in [0.29, 0.717) is 17.9 Å². The number of rotatable bonds is 4. The topological polar surface area (TPSA) is 73.9 Å². The van der Waals surface area contributed by atoms with Crippen molar-refractivity contribution < 1.29 is 5.21 Å². The molecule has 3 unspecified atom stereocenters. The van der Waals surface area contributed by atoms with Gasteiger partial charge in [0.25, 0.3) is 0 Å². The van der Waals surface area contributed by atoms with Crippen LogP contribution < -0.4 is 11.1 Å². The average molecular weight is 226 g/mol. The van der Waals surface area contributed by atoms with Crippen LogP contribution in [0.1, 0.15) is 32.6 Å². The van der Waals surface area contributed by atoms with Crippen LogP contribution in [0, 0.1) is 0 Å². The van der Waals surface area contributed by atoms with Crippen molar-refractivity contribution in [2.24, 2.45) is 10.9 Å². The Hall–Kier alpha value is -0.810. The summed E-state index contributed by atoms with van der Waals surface area (Å²) in [5.74, 6) is 0.305. The third kappa shape index (κ3) is 2.15. The molecule has 0 aromatic heterocycles. The normalized spacial score (nSPS) is 32.9. The molecule has 2 aliphatic heterocycles. The summed E-state index contributed by atoms with van der Waals surface area (Å²) in [7, 11) is 0. The summed E-state index contributed by atoms with van der Waals surface area (Å²) in [6.07, 6.45) is 4.63. The second-order valence-corrected chi connectivity index (χ2v) is 4.79. The van der Waals surface area contributed by atoms with E-state index in [0.717, 1.165) is 6.42 Å². The summed E-state index contributed by atoms with van der Waals surface area (Å²) >= 11 is 0. The Morgan fingerprint density at radius 2 is 2.38 bits per heavy atom. The van der Waals surface area contributed by atoms with Gasteiger partial charge in [0.05, 0.1) is 6.04 Å². The average Bonchev–Trinajstić information content (AvgIpc) is 2.88. The Bertz CT molecular complexity index is 269. The molecule has 92 valence electrons. The highest BCUT2D eigenvalue weighted by Crippen LogP contribution is 2.28. The summed E-state index contributed by atoms with van der Waals surface area (Å²) in [5.41, 5.74) is 5.67. The first kappa shape index (κ1) is 11.7. The van der Waals surface area contributed by atoms with Gasteiger partial charge in [-0.3, -0.25) is 4.90 Å². The lowest BCUT2D eigenvalue weighted by molar-refractivity contribution is 0.290. The molecule has 2 rings (SSSR count). The number of nitrogens with two attached hydrogens (primary N) is 1. The van der Waals surface area contributed by atoms with Crippen molar-refractivity contribution >= 4 is 5.84 Å². The van der Waals surface area contributed by atoms with Gasteiger partial charge in [0.15, 0.2) is 5.84 Å². The molecule has 5 nitrogen and oxygen atoms in total. The first-order chi connectivity index (χ1) is 7.76. The Labute approximate surface area is 96.7 Å². The van der Waals surface area contributed by atoms with E-state index in [2.05, 4.69) is 22.3 Å².